The Morgan fingerprint density at radius 2 is 2.07 bits per heavy atom. The molecule has 0 radical (unpaired) electrons. The summed E-state index contributed by atoms with van der Waals surface area (Å²) < 4.78 is 18.9. The number of rotatable bonds is 4. The third-order valence-electron chi connectivity index (χ3n) is 4.91. The fourth-order valence-electron chi connectivity index (χ4n) is 3.37. The Labute approximate surface area is 161 Å². The van der Waals surface area contributed by atoms with Gasteiger partial charge in [0.05, 0.1) is 23.7 Å². The fraction of sp³-hybridized carbons (Fsp3) is 0.300. The number of halogens is 1. The Morgan fingerprint density at radius 3 is 2.79 bits per heavy atom. The highest BCUT2D eigenvalue weighted by Crippen LogP contribution is 2.29. The lowest BCUT2D eigenvalue weighted by Crippen LogP contribution is -2.38. The third-order valence-corrected chi connectivity index (χ3v) is 4.91. The molecule has 1 amide bonds. The van der Waals surface area contributed by atoms with Crippen molar-refractivity contribution >= 4 is 5.91 Å². The fourth-order valence-corrected chi connectivity index (χ4v) is 3.37. The molecule has 0 spiro atoms. The molecule has 1 N–H and O–H groups in total. The summed E-state index contributed by atoms with van der Waals surface area (Å²) in [5, 5.41) is 6.72. The maximum Gasteiger partial charge on any atom is 0.257 e. The zero-order chi connectivity index (χ0) is 19.5. The number of aromatic nitrogens is 4. The number of aromatic amines is 1. The number of hydrogen-bond acceptors (Lipinski definition) is 5. The van der Waals surface area contributed by atoms with Gasteiger partial charge in [0.25, 0.3) is 5.91 Å². The molecule has 0 aliphatic carbocycles. The smallest absolute Gasteiger partial charge is 0.257 e. The molecular formula is C20H20FN5O2. The highest BCUT2D eigenvalue weighted by atomic mass is 19.1. The van der Waals surface area contributed by atoms with Gasteiger partial charge in [0, 0.05) is 37.0 Å². The molecule has 1 aliphatic heterocycles. The molecule has 1 aromatic carbocycles. The first-order chi connectivity index (χ1) is 13.6. The van der Waals surface area contributed by atoms with Crippen LogP contribution in [0.1, 0.15) is 40.5 Å². The minimum absolute atomic E-state index is 0.000951. The van der Waals surface area contributed by atoms with Crippen molar-refractivity contribution < 1.29 is 13.9 Å². The molecule has 144 valence electrons. The van der Waals surface area contributed by atoms with Gasteiger partial charge in [-0.05, 0) is 31.9 Å². The molecule has 0 bridgehead atoms. The molecule has 0 unspecified atom stereocenters. The molecule has 3 aromatic rings. The normalized spacial score (nSPS) is 14.9. The summed E-state index contributed by atoms with van der Waals surface area (Å²) in [5.41, 5.74) is 2.21. The van der Waals surface area contributed by atoms with E-state index in [1.807, 2.05) is 11.8 Å². The van der Waals surface area contributed by atoms with Crippen LogP contribution in [0.3, 0.4) is 0 Å². The summed E-state index contributed by atoms with van der Waals surface area (Å²) in [4.78, 5) is 23.2. The van der Waals surface area contributed by atoms with Gasteiger partial charge in [-0.1, -0.05) is 6.07 Å². The first-order valence-electron chi connectivity index (χ1n) is 9.15. The van der Waals surface area contributed by atoms with Crippen LogP contribution in [0.5, 0.6) is 11.6 Å². The standard InChI is InChI=1S/C20H20FN5O2/c1-13-17(10-23-25-13)20(27)26-7-5-14(6-8-26)18-11-22-12-19(24-18)28-16-4-2-3-15(21)9-16/h2-4,9-12,14H,5-8H2,1H3,(H,23,25). The summed E-state index contributed by atoms with van der Waals surface area (Å²) in [6.07, 6.45) is 6.39. The van der Waals surface area contributed by atoms with E-state index in [0.29, 0.717) is 30.3 Å². The summed E-state index contributed by atoms with van der Waals surface area (Å²) >= 11 is 0. The summed E-state index contributed by atoms with van der Waals surface area (Å²) in [7, 11) is 0. The van der Waals surface area contributed by atoms with Gasteiger partial charge >= 0.3 is 0 Å². The molecule has 0 saturated carbocycles. The number of aryl methyl sites for hydroxylation is 1. The second kappa shape index (κ2) is 7.75. The number of piperidine rings is 1. The summed E-state index contributed by atoms with van der Waals surface area (Å²) in [6, 6.07) is 5.90. The minimum atomic E-state index is -0.369. The quantitative estimate of drug-likeness (QED) is 0.748. The van der Waals surface area contributed by atoms with Gasteiger partial charge in [-0.15, -0.1) is 0 Å². The molecule has 2 aromatic heterocycles. The lowest BCUT2D eigenvalue weighted by atomic mass is 9.93. The molecule has 7 nitrogen and oxygen atoms in total. The van der Waals surface area contributed by atoms with Gasteiger partial charge in [0.1, 0.15) is 11.6 Å². The van der Waals surface area contributed by atoms with E-state index in [9.17, 15) is 9.18 Å². The van der Waals surface area contributed by atoms with Crippen LogP contribution in [0, 0.1) is 12.7 Å². The maximum absolute atomic E-state index is 13.3. The molecule has 1 saturated heterocycles. The number of nitrogens with zero attached hydrogens (tertiary/aromatic N) is 4. The molecular weight excluding hydrogens is 361 g/mol. The molecule has 8 heteroatoms. The average Bonchev–Trinajstić information content (AvgIpc) is 3.14. The zero-order valence-electron chi connectivity index (χ0n) is 15.4. The van der Waals surface area contributed by atoms with Crippen LogP contribution in [0.2, 0.25) is 0 Å². The first kappa shape index (κ1) is 18.1. The monoisotopic (exact) mass is 381 g/mol. The molecule has 4 rings (SSSR count). The van der Waals surface area contributed by atoms with E-state index in [4.69, 9.17) is 4.74 Å². The molecule has 0 atom stereocenters. The van der Waals surface area contributed by atoms with Crippen molar-refractivity contribution in [3.63, 3.8) is 0 Å². The van der Waals surface area contributed by atoms with Gasteiger partial charge in [-0.2, -0.15) is 5.10 Å². The van der Waals surface area contributed by atoms with Crippen molar-refractivity contribution in [2.75, 3.05) is 13.1 Å². The Morgan fingerprint density at radius 1 is 1.25 bits per heavy atom. The highest BCUT2D eigenvalue weighted by Gasteiger charge is 2.27. The van der Waals surface area contributed by atoms with Gasteiger partial charge in [-0.3, -0.25) is 14.9 Å². The van der Waals surface area contributed by atoms with Crippen molar-refractivity contribution in [2.45, 2.75) is 25.7 Å². The van der Waals surface area contributed by atoms with Crippen LogP contribution in [-0.4, -0.2) is 44.1 Å². The largest absolute Gasteiger partial charge is 0.437 e. The van der Waals surface area contributed by atoms with E-state index in [0.717, 1.165) is 24.2 Å². The van der Waals surface area contributed by atoms with Gasteiger partial charge in [0.15, 0.2) is 0 Å². The molecule has 28 heavy (non-hydrogen) atoms. The van der Waals surface area contributed by atoms with Crippen molar-refractivity contribution in [1.29, 1.82) is 0 Å². The maximum atomic E-state index is 13.3. The number of ether oxygens (including phenoxy) is 1. The number of carbonyl (C=O) groups excluding carboxylic acids is 1. The van der Waals surface area contributed by atoms with Crippen LogP contribution >= 0.6 is 0 Å². The number of H-pyrrole nitrogens is 1. The van der Waals surface area contributed by atoms with E-state index in [-0.39, 0.29) is 17.6 Å². The topological polar surface area (TPSA) is 84.0 Å². The summed E-state index contributed by atoms with van der Waals surface area (Å²) in [5.74, 6) is 0.529. The Hall–Kier alpha value is -3.29. The highest BCUT2D eigenvalue weighted by molar-refractivity contribution is 5.95. The predicted molar refractivity (Wildman–Crippen MR) is 99.7 cm³/mol. The van der Waals surface area contributed by atoms with E-state index in [2.05, 4.69) is 20.2 Å². The Balaban J connectivity index is 1.41. The van der Waals surface area contributed by atoms with Crippen LogP contribution in [0.4, 0.5) is 4.39 Å². The van der Waals surface area contributed by atoms with Crippen LogP contribution in [-0.2, 0) is 0 Å². The number of carbonyl (C=O) groups is 1. The van der Waals surface area contributed by atoms with E-state index in [1.165, 1.54) is 18.3 Å². The van der Waals surface area contributed by atoms with E-state index >= 15 is 0 Å². The number of benzene rings is 1. The molecule has 1 aliphatic rings. The lowest BCUT2D eigenvalue weighted by molar-refractivity contribution is 0.0711. The Kier molecular flexibility index (Phi) is 5.01. The SMILES string of the molecule is Cc1[nH]ncc1C(=O)N1CCC(c2cncc(Oc3cccc(F)c3)n2)CC1. The van der Waals surface area contributed by atoms with Gasteiger partial charge in [-0.25, -0.2) is 9.37 Å². The van der Waals surface area contributed by atoms with Crippen molar-refractivity contribution in [3.8, 4) is 11.6 Å². The second-order valence-electron chi connectivity index (χ2n) is 6.82. The average molecular weight is 381 g/mol. The molecule has 3 heterocycles. The minimum Gasteiger partial charge on any atom is -0.437 e. The second-order valence-corrected chi connectivity index (χ2v) is 6.82. The lowest BCUT2D eigenvalue weighted by Gasteiger charge is -2.31. The number of amides is 1. The van der Waals surface area contributed by atoms with Crippen LogP contribution in [0.25, 0.3) is 0 Å². The van der Waals surface area contributed by atoms with Crippen molar-refractivity contribution in [2.24, 2.45) is 0 Å². The summed E-state index contributed by atoms with van der Waals surface area (Å²) in [6.45, 7) is 3.13. The van der Waals surface area contributed by atoms with E-state index < -0.39 is 0 Å². The van der Waals surface area contributed by atoms with Crippen LogP contribution in [0.15, 0.2) is 42.9 Å². The number of nitrogens with one attached hydrogen (secondary N) is 1. The van der Waals surface area contributed by atoms with Gasteiger partial charge < -0.3 is 9.64 Å². The first-order valence-corrected chi connectivity index (χ1v) is 9.15. The van der Waals surface area contributed by atoms with Crippen LogP contribution < -0.4 is 4.74 Å². The Bertz CT molecular complexity index is 982. The predicted octanol–water partition coefficient (Wildman–Crippen LogP) is 3.46. The van der Waals surface area contributed by atoms with Gasteiger partial charge in [0.2, 0.25) is 5.88 Å². The third kappa shape index (κ3) is 3.85. The van der Waals surface area contributed by atoms with Crippen molar-refractivity contribution in [3.05, 3.63) is 65.6 Å². The molecule has 1 fully saturated rings. The number of likely N-dealkylation sites (tertiary alicyclic amines) is 1. The van der Waals surface area contributed by atoms with Crippen molar-refractivity contribution in [1.82, 2.24) is 25.1 Å². The van der Waals surface area contributed by atoms with E-state index in [1.54, 1.807) is 24.5 Å². The zero-order valence-corrected chi connectivity index (χ0v) is 15.4. The number of hydrogen-bond donors (Lipinski definition) is 1.